The first-order chi connectivity index (χ1) is 14.3. The Morgan fingerprint density at radius 2 is 1.93 bits per heavy atom. The van der Waals surface area contributed by atoms with Gasteiger partial charge < -0.3 is 20.2 Å². The van der Waals surface area contributed by atoms with Crippen molar-refractivity contribution in [2.24, 2.45) is 0 Å². The van der Waals surface area contributed by atoms with Crippen LogP contribution in [0.3, 0.4) is 0 Å². The van der Waals surface area contributed by atoms with Gasteiger partial charge in [-0.3, -0.25) is 4.79 Å². The second-order valence-electron chi connectivity index (χ2n) is 6.78. The summed E-state index contributed by atoms with van der Waals surface area (Å²) in [6.45, 7) is 4.81. The van der Waals surface area contributed by atoms with Crippen molar-refractivity contribution >= 4 is 28.9 Å². The van der Waals surface area contributed by atoms with Crippen LogP contribution < -0.4 is 10.6 Å². The second-order valence-corrected chi connectivity index (χ2v) is 7.16. The van der Waals surface area contributed by atoms with Gasteiger partial charge in [-0.2, -0.15) is 5.26 Å². The van der Waals surface area contributed by atoms with Crippen molar-refractivity contribution in [1.29, 1.82) is 5.26 Å². The molecule has 0 spiro atoms. The molecule has 154 valence electrons. The van der Waals surface area contributed by atoms with E-state index in [4.69, 9.17) is 21.3 Å². The number of aliphatic hydroxyl groups excluding tert-OH is 1. The number of benzene rings is 2. The third kappa shape index (κ3) is 4.59. The van der Waals surface area contributed by atoms with Gasteiger partial charge in [-0.1, -0.05) is 11.6 Å². The second kappa shape index (κ2) is 8.95. The minimum absolute atomic E-state index is 0.160. The van der Waals surface area contributed by atoms with E-state index in [1.54, 1.807) is 50.2 Å². The average molecular weight is 426 g/mol. The lowest BCUT2D eigenvalue weighted by atomic mass is 10.1. The standard InChI is InChI=1S/C21H20ClN5O3/c1-11-17(9-6-15(10-23)18(11)22)25-19(12(2)28)21-27-26-20(30-21)14-4-7-16(8-5-14)24-13(3)29/h4-9,12,19,25,28H,1-3H3,(H,24,29). The first-order valence-electron chi connectivity index (χ1n) is 9.15. The van der Waals surface area contributed by atoms with Crippen molar-refractivity contribution in [2.75, 3.05) is 10.6 Å². The number of nitrogens with zero attached hydrogens (tertiary/aromatic N) is 3. The van der Waals surface area contributed by atoms with Crippen LogP contribution in [0, 0.1) is 18.3 Å². The number of aromatic nitrogens is 2. The van der Waals surface area contributed by atoms with Crippen molar-refractivity contribution < 1.29 is 14.3 Å². The van der Waals surface area contributed by atoms with Crippen LogP contribution in [0.4, 0.5) is 11.4 Å². The van der Waals surface area contributed by atoms with Gasteiger partial charge >= 0.3 is 0 Å². The van der Waals surface area contributed by atoms with E-state index in [-0.39, 0.29) is 17.7 Å². The zero-order valence-corrected chi connectivity index (χ0v) is 17.4. The number of aliphatic hydroxyl groups is 1. The molecule has 8 nitrogen and oxygen atoms in total. The summed E-state index contributed by atoms with van der Waals surface area (Å²) >= 11 is 6.23. The number of hydrogen-bond acceptors (Lipinski definition) is 7. The molecule has 3 aromatic rings. The fourth-order valence-electron chi connectivity index (χ4n) is 2.86. The first-order valence-corrected chi connectivity index (χ1v) is 9.53. The van der Waals surface area contributed by atoms with Crippen LogP contribution in [0.25, 0.3) is 11.5 Å². The van der Waals surface area contributed by atoms with E-state index in [9.17, 15) is 9.90 Å². The number of carbonyl (C=O) groups is 1. The summed E-state index contributed by atoms with van der Waals surface area (Å²) in [7, 11) is 0. The predicted molar refractivity (Wildman–Crippen MR) is 113 cm³/mol. The molecule has 3 N–H and O–H groups in total. The zero-order chi connectivity index (χ0) is 21.8. The lowest BCUT2D eigenvalue weighted by molar-refractivity contribution is -0.114. The topological polar surface area (TPSA) is 124 Å². The molecule has 0 radical (unpaired) electrons. The molecule has 9 heteroatoms. The monoisotopic (exact) mass is 425 g/mol. The molecule has 1 aromatic heterocycles. The largest absolute Gasteiger partial charge is 0.418 e. The molecule has 2 atom stereocenters. The molecule has 0 aliphatic heterocycles. The minimum Gasteiger partial charge on any atom is -0.418 e. The smallest absolute Gasteiger partial charge is 0.247 e. The summed E-state index contributed by atoms with van der Waals surface area (Å²) in [5.41, 5.74) is 3.02. The SMILES string of the molecule is CC(=O)Nc1ccc(-c2nnc(C(Nc3ccc(C#N)c(Cl)c3C)C(C)O)o2)cc1. The van der Waals surface area contributed by atoms with Crippen molar-refractivity contribution in [3.05, 3.63) is 58.4 Å². The van der Waals surface area contributed by atoms with Gasteiger partial charge in [-0.15, -0.1) is 10.2 Å². The summed E-state index contributed by atoms with van der Waals surface area (Å²) < 4.78 is 5.78. The number of amides is 1. The third-order valence-corrected chi connectivity index (χ3v) is 4.95. The maximum Gasteiger partial charge on any atom is 0.247 e. The number of halogens is 1. The van der Waals surface area contributed by atoms with E-state index < -0.39 is 12.1 Å². The fraction of sp³-hybridized carbons (Fsp3) is 0.238. The van der Waals surface area contributed by atoms with Crippen molar-refractivity contribution in [1.82, 2.24) is 10.2 Å². The van der Waals surface area contributed by atoms with Crippen LogP contribution in [-0.2, 0) is 4.79 Å². The van der Waals surface area contributed by atoms with Crippen LogP contribution in [0.1, 0.15) is 36.9 Å². The van der Waals surface area contributed by atoms with Gasteiger partial charge in [-0.25, -0.2) is 0 Å². The Morgan fingerprint density at radius 1 is 1.23 bits per heavy atom. The fourth-order valence-corrected chi connectivity index (χ4v) is 3.07. The molecule has 0 aliphatic rings. The lowest BCUT2D eigenvalue weighted by Gasteiger charge is -2.21. The molecular formula is C21H20ClN5O3. The summed E-state index contributed by atoms with van der Waals surface area (Å²) in [5.74, 6) is 0.319. The molecule has 1 heterocycles. The summed E-state index contributed by atoms with van der Waals surface area (Å²) in [6, 6.07) is 11.6. The molecular weight excluding hydrogens is 406 g/mol. The highest BCUT2D eigenvalue weighted by Gasteiger charge is 2.25. The van der Waals surface area contributed by atoms with Gasteiger partial charge in [-0.05, 0) is 55.8 Å². The van der Waals surface area contributed by atoms with E-state index >= 15 is 0 Å². The van der Waals surface area contributed by atoms with Gasteiger partial charge in [0.05, 0.1) is 16.7 Å². The Balaban J connectivity index is 1.85. The van der Waals surface area contributed by atoms with Crippen LogP contribution in [0.15, 0.2) is 40.8 Å². The predicted octanol–water partition coefficient (Wildman–Crippen LogP) is 4.06. The number of hydrogen-bond donors (Lipinski definition) is 3. The number of nitriles is 1. The summed E-state index contributed by atoms with van der Waals surface area (Å²) in [6.07, 6.45) is -0.853. The summed E-state index contributed by atoms with van der Waals surface area (Å²) in [5, 5.41) is 33.7. The van der Waals surface area contributed by atoms with E-state index in [2.05, 4.69) is 20.8 Å². The van der Waals surface area contributed by atoms with E-state index in [0.717, 1.165) is 0 Å². The Bertz CT molecular complexity index is 1100. The molecule has 3 rings (SSSR count). The number of nitrogens with one attached hydrogen (secondary N) is 2. The Labute approximate surface area is 178 Å². The molecule has 0 aliphatic carbocycles. The van der Waals surface area contributed by atoms with E-state index in [1.807, 2.05) is 6.07 Å². The van der Waals surface area contributed by atoms with Crippen LogP contribution in [-0.4, -0.2) is 27.3 Å². The van der Waals surface area contributed by atoms with Gasteiger partial charge in [0.1, 0.15) is 12.1 Å². The number of rotatable bonds is 6. The third-order valence-electron chi connectivity index (χ3n) is 4.46. The van der Waals surface area contributed by atoms with Crippen molar-refractivity contribution in [2.45, 2.75) is 32.9 Å². The maximum absolute atomic E-state index is 11.1. The highest BCUT2D eigenvalue weighted by molar-refractivity contribution is 6.32. The van der Waals surface area contributed by atoms with Crippen molar-refractivity contribution in [3.8, 4) is 17.5 Å². The molecule has 0 bridgehead atoms. The highest BCUT2D eigenvalue weighted by atomic mass is 35.5. The highest BCUT2D eigenvalue weighted by Crippen LogP contribution is 2.31. The van der Waals surface area contributed by atoms with Gasteiger partial charge in [0.25, 0.3) is 0 Å². The van der Waals surface area contributed by atoms with Crippen LogP contribution in [0.2, 0.25) is 5.02 Å². The lowest BCUT2D eigenvalue weighted by Crippen LogP contribution is -2.23. The average Bonchev–Trinajstić information content (AvgIpc) is 3.18. The molecule has 0 saturated heterocycles. The van der Waals surface area contributed by atoms with E-state index in [0.29, 0.717) is 33.1 Å². The Kier molecular flexibility index (Phi) is 6.35. The van der Waals surface area contributed by atoms with Gasteiger partial charge in [0, 0.05) is 23.9 Å². The summed E-state index contributed by atoms with van der Waals surface area (Å²) in [4.78, 5) is 11.1. The minimum atomic E-state index is -0.853. The van der Waals surface area contributed by atoms with E-state index in [1.165, 1.54) is 6.92 Å². The van der Waals surface area contributed by atoms with Crippen molar-refractivity contribution in [3.63, 3.8) is 0 Å². The molecule has 1 amide bonds. The first kappa shape index (κ1) is 21.3. The molecule has 0 fully saturated rings. The number of carbonyl (C=O) groups excluding carboxylic acids is 1. The Morgan fingerprint density at radius 3 is 2.53 bits per heavy atom. The molecule has 30 heavy (non-hydrogen) atoms. The molecule has 2 unspecified atom stereocenters. The molecule has 0 saturated carbocycles. The number of anilines is 2. The maximum atomic E-state index is 11.1. The van der Waals surface area contributed by atoms with Crippen LogP contribution in [0.5, 0.6) is 0 Å². The quantitative estimate of drug-likeness (QED) is 0.543. The Hall–Kier alpha value is -3.41. The molecule has 2 aromatic carbocycles. The zero-order valence-electron chi connectivity index (χ0n) is 16.6. The van der Waals surface area contributed by atoms with Gasteiger partial charge in [0.2, 0.25) is 17.7 Å². The normalized spacial score (nSPS) is 12.7. The van der Waals surface area contributed by atoms with Crippen LogP contribution >= 0.6 is 11.6 Å². The van der Waals surface area contributed by atoms with Gasteiger partial charge in [0.15, 0.2) is 0 Å².